The minimum atomic E-state index is -0.0766. The van der Waals surface area contributed by atoms with Gasteiger partial charge in [-0.05, 0) is 24.6 Å². The molecule has 0 radical (unpaired) electrons. The lowest BCUT2D eigenvalue weighted by atomic mass is 10.1. The number of nitrogen functional groups attached to an aromatic ring is 1. The highest BCUT2D eigenvalue weighted by molar-refractivity contribution is 7.17. The van der Waals surface area contributed by atoms with Crippen LogP contribution in [0.1, 0.15) is 20.8 Å². The summed E-state index contributed by atoms with van der Waals surface area (Å²) in [6, 6.07) is 11.6. The fourth-order valence-corrected chi connectivity index (χ4v) is 2.14. The van der Waals surface area contributed by atoms with Crippen LogP contribution in [0.4, 0.5) is 5.00 Å². The van der Waals surface area contributed by atoms with E-state index in [1.807, 2.05) is 31.2 Å². The lowest BCUT2D eigenvalue weighted by molar-refractivity contribution is 0.0955. The normalized spacial score (nSPS) is 10.2. The molecule has 0 aliphatic heterocycles. The van der Waals surface area contributed by atoms with Gasteiger partial charge in [-0.25, -0.2) is 0 Å². The predicted octanol–water partition coefficient (Wildman–Crippen LogP) is 2.57. The van der Waals surface area contributed by atoms with Gasteiger partial charge in [-0.1, -0.05) is 29.8 Å². The molecule has 0 saturated carbocycles. The second-order valence-corrected chi connectivity index (χ2v) is 4.99. The van der Waals surface area contributed by atoms with Crippen LogP contribution in [0, 0.1) is 6.92 Å². The molecule has 0 atom stereocenters. The van der Waals surface area contributed by atoms with Crippen LogP contribution in [0.3, 0.4) is 0 Å². The molecule has 2 rings (SSSR count). The summed E-state index contributed by atoms with van der Waals surface area (Å²) in [7, 11) is 0. The number of anilines is 1. The van der Waals surface area contributed by atoms with Crippen LogP contribution in [0.25, 0.3) is 0 Å². The van der Waals surface area contributed by atoms with Crippen molar-refractivity contribution in [3.05, 3.63) is 52.4 Å². The zero-order valence-electron chi connectivity index (χ0n) is 9.57. The highest BCUT2D eigenvalue weighted by Gasteiger charge is 2.07. The van der Waals surface area contributed by atoms with Crippen molar-refractivity contribution in [1.82, 2.24) is 5.32 Å². The van der Waals surface area contributed by atoms with Crippen LogP contribution >= 0.6 is 11.3 Å². The molecule has 2 aromatic rings. The molecule has 1 aromatic heterocycles. The van der Waals surface area contributed by atoms with E-state index in [1.54, 1.807) is 12.1 Å². The summed E-state index contributed by atoms with van der Waals surface area (Å²) in [6.07, 6.45) is 0. The Bertz CT molecular complexity index is 516. The lowest BCUT2D eigenvalue weighted by Crippen LogP contribution is -2.21. The van der Waals surface area contributed by atoms with Gasteiger partial charge in [0, 0.05) is 6.54 Å². The van der Waals surface area contributed by atoms with Gasteiger partial charge in [0.1, 0.15) is 0 Å². The molecule has 0 aliphatic rings. The number of hydrogen-bond donors (Lipinski definition) is 2. The highest BCUT2D eigenvalue weighted by Crippen LogP contribution is 2.17. The summed E-state index contributed by atoms with van der Waals surface area (Å²) in [5.74, 6) is -0.0766. The Kier molecular flexibility index (Phi) is 3.44. The molecule has 17 heavy (non-hydrogen) atoms. The number of thiophene rings is 1. The maximum atomic E-state index is 11.7. The van der Waals surface area contributed by atoms with E-state index in [1.165, 1.54) is 16.9 Å². The van der Waals surface area contributed by atoms with Gasteiger partial charge in [-0.3, -0.25) is 4.79 Å². The Balaban J connectivity index is 1.94. The van der Waals surface area contributed by atoms with E-state index in [0.29, 0.717) is 16.4 Å². The highest BCUT2D eigenvalue weighted by atomic mass is 32.1. The van der Waals surface area contributed by atoms with Crippen molar-refractivity contribution in [1.29, 1.82) is 0 Å². The molecule has 0 fully saturated rings. The lowest BCUT2D eigenvalue weighted by Gasteiger charge is -2.04. The second-order valence-electron chi connectivity index (χ2n) is 3.87. The summed E-state index contributed by atoms with van der Waals surface area (Å²) in [5, 5.41) is 3.52. The molecule has 0 aliphatic carbocycles. The summed E-state index contributed by atoms with van der Waals surface area (Å²) in [4.78, 5) is 12.4. The number of aryl methyl sites for hydroxylation is 1. The monoisotopic (exact) mass is 246 g/mol. The van der Waals surface area contributed by atoms with Crippen LogP contribution in [0.5, 0.6) is 0 Å². The average Bonchev–Trinajstić information content (AvgIpc) is 2.75. The first kappa shape index (κ1) is 11.7. The maximum Gasteiger partial charge on any atom is 0.261 e. The van der Waals surface area contributed by atoms with Crippen molar-refractivity contribution < 1.29 is 4.79 Å². The molecule has 3 nitrogen and oxygen atoms in total. The van der Waals surface area contributed by atoms with E-state index in [9.17, 15) is 4.79 Å². The van der Waals surface area contributed by atoms with Crippen molar-refractivity contribution in [3.63, 3.8) is 0 Å². The average molecular weight is 246 g/mol. The molecule has 3 N–H and O–H groups in total. The Morgan fingerprint density at radius 1 is 1.24 bits per heavy atom. The van der Waals surface area contributed by atoms with Gasteiger partial charge in [0.25, 0.3) is 5.91 Å². The van der Waals surface area contributed by atoms with Crippen LogP contribution in [-0.2, 0) is 6.54 Å². The topological polar surface area (TPSA) is 55.1 Å². The summed E-state index contributed by atoms with van der Waals surface area (Å²) < 4.78 is 0. The molecule has 88 valence electrons. The number of carbonyl (C=O) groups is 1. The number of benzene rings is 1. The third-order valence-electron chi connectivity index (χ3n) is 2.42. The van der Waals surface area contributed by atoms with Gasteiger partial charge in [0.05, 0.1) is 9.88 Å². The second kappa shape index (κ2) is 5.01. The Morgan fingerprint density at radius 2 is 1.94 bits per heavy atom. The van der Waals surface area contributed by atoms with Crippen molar-refractivity contribution in [2.75, 3.05) is 5.73 Å². The summed E-state index contributed by atoms with van der Waals surface area (Å²) in [6.45, 7) is 2.58. The zero-order valence-corrected chi connectivity index (χ0v) is 10.4. The fraction of sp³-hybridized carbons (Fsp3) is 0.154. The van der Waals surface area contributed by atoms with Crippen LogP contribution < -0.4 is 11.1 Å². The first-order valence-electron chi connectivity index (χ1n) is 5.34. The summed E-state index contributed by atoms with van der Waals surface area (Å²) in [5.41, 5.74) is 7.88. The van der Waals surface area contributed by atoms with Gasteiger partial charge in [0.15, 0.2) is 0 Å². The minimum absolute atomic E-state index is 0.0766. The predicted molar refractivity (Wildman–Crippen MR) is 71.1 cm³/mol. The maximum absolute atomic E-state index is 11.7. The largest absolute Gasteiger partial charge is 0.391 e. The first-order chi connectivity index (χ1) is 8.15. The number of rotatable bonds is 3. The SMILES string of the molecule is Cc1ccc(CNC(=O)c2ccc(N)s2)cc1. The van der Waals surface area contributed by atoms with Crippen molar-refractivity contribution in [3.8, 4) is 0 Å². The molecule has 0 saturated heterocycles. The molecule has 0 spiro atoms. The first-order valence-corrected chi connectivity index (χ1v) is 6.16. The number of hydrogen-bond acceptors (Lipinski definition) is 3. The number of nitrogens with two attached hydrogens (primary N) is 1. The van der Waals surface area contributed by atoms with Crippen LogP contribution in [-0.4, -0.2) is 5.91 Å². The fourth-order valence-electron chi connectivity index (χ4n) is 1.45. The molecule has 0 bridgehead atoms. The van der Waals surface area contributed by atoms with Gasteiger partial charge < -0.3 is 11.1 Å². The van der Waals surface area contributed by atoms with Gasteiger partial charge in [0.2, 0.25) is 0 Å². The van der Waals surface area contributed by atoms with Crippen LogP contribution in [0.15, 0.2) is 36.4 Å². The van der Waals surface area contributed by atoms with Crippen molar-refractivity contribution in [2.45, 2.75) is 13.5 Å². The number of nitrogens with one attached hydrogen (secondary N) is 1. The Labute approximate surface area is 104 Å². The zero-order chi connectivity index (χ0) is 12.3. The van der Waals surface area contributed by atoms with Gasteiger partial charge in [-0.15, -0.1) is 11.3 Å². The Hall–Kier alpha value is -1.81. The number of amides is 1. The quantitative estimate of drug-likeness (QED) is 0.874. The standard InChI is InChI=1S/C13H14N2OS/c1-9-2-4-10(5-3-9)8-15-13(16)11-6-7-12(14)17-11/h2-7H,8,14H2,1H3,(H,15,16). The third-order valence-corrected chi connectivity index (χ3v) is 3.34. The van der Waals surface area contributed by atoms with Crippen LogP contribution in [0.2, 0.25) is 0 Å². The van der Waals surface area contributed by atoms with Crippen molar-refractivity contribution in [2.24, 2.45) is 0 Å². The van der Waals surface area contributed by atoms with E-state index in [4.69, 9.17) is 5.73 Å². The Morgan fingerprint density at radius 3 is 2.53 bits per heavy atom. The van der Waals surface area contributed by atoms with E-state index in [-0.39, 0.29) is 5.91 Å². The molecule has 4 heteroatoms. The van der Waals surface area contributed by atoms with Gasteiger partial charge in [-0.2, -0.15) is 0 Å². The molecule has 0 unspecified atom stereocenters. The van der Waals surface area contributed by atoms with Gasteiger partial charge >= 0.3 is 0 Å². The van der Waals surface area contributed by atoms with Crippen molar-refractivity contribution >= 4 is 22.2 Å². The summed E-state index contributed by atoms with van der Waals surface area (Å²) >= 11 is 1.30. The molecule has 1 heterocycles. The minimum Gasteiger partial charge on any atom is -0.391 e. The van der Waals surface area contributed by atoms with E-state index < -0.39 is 0 Å². The van der Waals surface area contributed by atoms with E-state index >= 15 is 0 Å². The molecular formula is C13H14N2OS. The third kappa shape index (κ3) is 3.07. The molecular weight excluding hydrogens is 232 g/mol. The van der Waals surface area contributed by atoms with E-state index in [2.05, 4.69) is 5.32 Å². The van der Waals surface area contributed by atoms with E-state index in [0.717, 1.165) is 5.56 Å². The molecule has 1 aromatic carbocycles. The smallest absolute Gasteiger partial charge is 0.261 e. The molecule has 1 amide bonds. The number of carbonyl (C=O) groups excluding carboxylic acids is 1.